The van der Waals surface area contributed by atoms with Gasteiger partial charge in [-0.05, 0) is 25.7 Å². The number of hydrogen-bond acceptors (Lipinski definition) is 5. The van der Waals surface area contributed by atoms with E-state index in [-0.39, 0.29) is 0 Å². The summed E-state index contributed by atoms with van der Waals surface area (Å²) in [5.74, 6) is 0. The standard InChI is InChI=1S/C13H11N5S/c1-7-6-18-11(16-7)9(4-14)8(2)10-5-15-13(19-3)17-12(10)18/h5-6H,1-3H3. The monoisotopic (exact) mass is 269 g/mol. The highest BCUT2D eigenvalue weighted by Gasteiger charge is 2.15. The van der Waals surface area contributed by atoms with Gasteiger partial charge < -0.3 is 0 Å². The molecular weight excluding hydrogens is 258 g/mol. The molecule has 0 spiro atoms. The quantitative estimate of drug-likeness (QED) is 0.501. The second-order valence-corrected chi connectivity index (χ2v) is 5.06. The minimum Gasteiger partial charge on any atom is -0.282 e. The third-order valence-corrected chi connectivity index (χ3v) is 3.66. The van der Waals surface area contributed by atoms with E-state index in [2.05, 4.69) is 21.0 Å². The van der Waals surface area contributed by atoms with E-state index in [0.717, 1.165) is 22.3 Å². The summed E-state index contributed by atoms with van der Waals surface area (Å²) in [6, 6.07) is 2.23. The van der Waals surface area contributed by atoms with Crippen molar-refractivity contribution >= 4 is 28.4 Å². The summed E-state index contributed by atoms with van der Waals surface area (Å²) in [6.07, 6.45) is 5.61. The molecule has 0 bridgehead atoms. The van der Waals surface area contributed by atoms with Crippen molar-refractivity contribution in [1.29, 1.82) is 5.26 Å². The normalized spacial score (nSPS) is 11.1. The summed E-state index contributed by atoms with van der Waals surface area (Å²) in [6.45, 7) is 3.82. The Morgan fingerprint density at radius 2 is 2.05 bits per heavy atom. The van der Waals surface area contributed by atoms with Crippen molar-refractivity contribution in [1.82, 2.24) is 19.4 Å². The zero-order valence-electron chi connectivity index (χ0n) is 10.8. The van der Waals surface area contributed by atoms with E-state index in [9.17, 15) is 5.26 Å². The van der Waals surface area contributed by atoms with Gasteiger partial charge in [-0.1, -0.05) is 11.8 Å². The molecule has 0 aromatic carbocycles. The Morgan fingerprint density at radius 3 is 2.74 bits per heavy atom. The minimum absolute atomic E-state index is 0.584. The lowest BCUT2D eigenvalue weighted by Crippen LogP contribution is -1.99. The number of fused-ring (bicyclic) bond motifs is 3. The average Bonchev–Trinajstić information content (AvgIpc) is 2.80. The van der Waals surface area contributed by atoms with Crippen molar-refractivity contribution in [3.8, 4) is 6.07 Å². The van der Waals surface area contributed by atoms with Crippen molar-refractivity contribution in [3.05, 3.63) is 29.2 Å². The van der Waals surface area contributed by atoms with Crippen LogP contribution in [0.25, 0.3) is 16.7 Å². The number of nitriles is 1. The van der Waals surface area contributed by atoms with E-state index in [0.29, 0.717) is 16.4 Å². The zero-order chi connectivity index (χ0) is 13.6. The van der Waals surface area contributed by atoms with Gasteiger partial charge in [-0.2, -0.15) is 5.26 Å². The predicted octanol–water partition coefficient (Wildman–Crippen LogP) is 2.49. The Kier molecular flexibility index (Phi) is 2.64. The van der Waals surface area contributed by atoms with Gasteiger partial charge in [0.15, 0.2) is 16.5 Å². The molecule has 3 rings (SSSR count). The maximum atomic E-state index is 9.34. The molecule has 0 N–H and O–H groups in total. The molecule has 0 amide bonds. The van der Waals surface area contributed by atoms with E-state index < -0.39 is 0 Å². The molecule has 0 radical (unpaired) electrons. The summed E-state index contributed by atoms with van der Waals surface area (Å²) in [4.78, 5) is 13.2. The molecule has 19 heavy (non-hydrogen) atoms. The molecule has 0 aliphatic carbocycles. The van der Waals surface area contributed by atoms with Crippen molar-refractivity contribution < 1.29 is 0 Å². The molecule has 0 aliphatic heterocycles. The lowest BCUT2D eigenvalue weighted by Gasteiger charge is -2.07. The second kappa shape index (κ2) is 4.21. The lowest BCUT2D eigenvalue weighted by molar-refractivity contribution is 0.977. The van der Waals surface area contributed by atoms with Crippen LogP contribution in [0.4, 0.5) is 0 Å². The van der Waals surface area contributed by atoms with Crippen LogP contribution in [0.3, 0.4) is 0 Å². The molecule has 0 unspecified atom stereocenters. The summed E-state index contributed by atoms with van der Waals surface area (Å²) >= 11 is 1.49. The number of imidazole rings is 1. The number of nitrogens with zero attached hydrogens (tertiary/aromatic N) is 5. The van der Waals surface area contributed by atoms with E-state index in [1.54, 1.807) is 6.20 Å². The molecule has 3 aromatic heterocycles. The Hall–Kier alpha value is -2.13. The molecule has 94 valence electrons. The maximum absolute atomic E-state index is 9.34. The van der Waals surface area contributed by atoms with Crippen LogP contribution in [-0.4, -0.2) is 25.6 Å². The Labute approximate surface area is 114 Å². The van der Waals surface area contributed by atoms with Gasteiger partial charge >= 0.3 is 0 Å². The van der Waals surface area contributed by atoms with Crippen molar-refractivity contribution in [2.24, 2.45) is 0 Å². The van der Waals surface area contributed by atoms with E-state index >= 15 is 0 Å². The van der Waals surface area contributed by atoms with E-state index in [1.807, 2.05) is 30.7 Å². The van der Waals surface area contributed by atoms with Crippen LogP contribution in [-0.2, 0) is 0 Å². The first kappa shape index (κ1) is 11.9. The Balaban J connectivity index is 2.59. The van der Waals surface area contributed by atoms with E-state index in [4.69, 9.17) is 0 Å². The number of aromatic nitrogens is 4. The van der Waals surface area contributed by atoms with Crippen molar-refractivity contribution in [3.63, 3.8) is 0 Å². The van der Waals surface area contributed by atoms with Crippen LogP contribution < -0.4 is 0 Å². The molecule has 0 atom stereocenters. The maximum Gasteiger partial charge on any atom is 0.189 e. The van der Waals surface area contributed by atoms with E-state index in [1.165, 1.54) is 11.8 Å². The molecule has 0 aliphatic rings. The van der Waals surface area contributed by atoms with Crippen LogP contribution in [0, 0.1) is 25.2 Å². The lowest BCUT2D eigenvalue weighted by atomic mass is 10.1. The molecule has 0 fully saturated rings. The molecular formula is C13H11N5S. The fraction of sp³-hybridized carbons (Fsp3) is 0.231. The fourth-order valence-electron chi connectivity index (χ4n) is 2.18. The largest absolute Gasteiger partial charge is 0.282 e. The van der Waals surface area contributed by atoms with Gasteiger partial charge in [0, 0.05) is 17.8 Å². The van der Waals surface area contributed by atoms with Crippen LogP contribution in [0.5, 0.6) is 0 Å². The number of pyridine rings is 1. The van der Waals surface area contributed by atoms with Crippen LogP contribution in [0.2, 0.25) is 0 Å². The molecule has 5 nitrogen and oxygen atoms in total. The highest BCUT2D eigenvalue weighted by molar-refractivity contribution is 7.98. The van der Waals surface area contributed by atoms with Crippen molar-refractivity contribution in [2.45, 2.75) is 19.0 Å². The SMILES string of the molecule is CSc1ncc2c(C)c(C#N)c3nc(C)cn3c2n1. The fourth-order valence-corrected chi connectivity index (χ4v) is 2.51. The third-order valence-electron chi connectivity index (χ3n) is 3.10. The second-order valence-electron chi connectivity index (χ2n) is 4.28. The Morgan fingerprint density at radius 1 is 1.26 bits per heavy atom. The first-order chi connectivity index (χ1) is 9.15. The van der Waals surface area contributed by atoms with Gasteiger partial charge in [-0.25, -0.2) is 15.0 Å². The van der Waals surface area contributed by atoms with Gasteiger partial charge in [0.25, 0.3) is 0 Å². The summed E-state index contributed by atoms with van der Waals surface area (Å²) in [7, 11) is 0. The van der Waals surface area contributed by atoms with Gasteiger partial charge in [0.2, 0.25) is 0 Å². The number of aryl methyl sites for hydroxylation is 2. The molecule has 3 heterocycles. The number of thioether (sulfide) groups is 1. The highest BCUT2D eigenvalue weighted by atomic mass is 32.2. The minimum atomic E-state index is 0.584. The van der Waals surface area contributed by atoms with Crippen LogP contribution >= 0.6 is 11.8 Å². The van der Waals surface area contributed by atoms with Gasteiger partial charge in [0.1, 0.15) is 6.07 Å². The molecule has 0 saturated carbocycles. The number of rotatable bonds is 1. The zero-order valence-corrected chi connectivity index (χ0v) is 11.6. The summed E-state index contributed by atoms with van der Waals surface area (Å²) in [5.41, 5.74) is 3.79. The highest BCUT2D eigenvalue weighted by Crippen LogP contribution is 2.25. The summed E-state index contributed by atoms with van der Waals surface area (Å²) < 4.78 is 1.87. The van der Waals surface area contributed by atoms with Crippen LogP contribution in [0.15, 0.2) is 17.6 Å². The topological polar surface area (TPSA) is 66.9 Å². The predicted molar refractivity (Wildman–Crippen MR) is 74.3 cm³/mol. The Bertz CT molecular complexity index is 844. The first-order valence-electron chi connectivity index (χ1n) is 5.74. The molecule has 3 aromatic rings. The molecule has 6 heteroatoms. The van der Waals surface area contributed by atoms with Crippen molar-refractivity contribution in [2.75, 3.05) is 6.26 Å². The smallest absolute Gasteiger partial charge is 0.189 e. The van der Waals surface area contributed by atoms with Gasteiger partial charge in [-0.3, -0.25) is 4.40 Å². The van der Waals surface area contributed by atoms with Gasteiger partial charge in [0.05, 0.1) is 11.3 Å². The van der Waals surface area contributed by atoms with Crippen LogP contribution in [0.1, 0.15) is 16.8 Å². The third kappa shape index (κ3) is 1.66. The molecule has 0 saturated heterocycles. The average molecular weight is 269 g/mol. The first-order valence-corrected chi connectivity index (χ1v) is 6.97. The number of hydrogen-bond donors (Lipinski definition) is 0. The van der Waals surface area contributed by atoms with Gasteiger partial charge in [-0.15, -0.1) is 0 Å². The summed E-state index contributed by atoms with van der Waals surface area (Å²) in [5, 5.41) is 10.9.